The van der Waals surface area contributed by atoms with Crippen molar-refractivity contribution in [2.75, 3.05) is 20.2 Å². The number of aliphatic carboxylic acids is 1. The van der Waals surface area contributed by atoms with Gasteiger partial charge in [-0.05, 0) is 37.1 Å². The molecule has 1 aliphatic heterocycles. The van der Waals surface area contributed by atoms with Crippen molar-refractivity contribution in [1.82, 2.24) is 4.31 Å². The van der Waals surface area contributed by atoms with Crippen molar-refractivity contribution in [2.24, 2.45) is 5.92 Å². The summed E-state index contributed by atoms with van der Waals surface area (Å²) in [5.74, 6) is -1.72. The third kappa shape index (κ3) is 3.08. The Kier molecular flexibility index (Phi) is 4.74. The van der Waals surface area contributed by atoms with Crippen molar-refractivity contribution in [3.8, 4) is 5.75 Å². The lowest BCUT2D eigenvalue weighted by Crippen LogP contribution is -2.48. The Morgan fingerprint density at radius 1 is 1.41 bits per heavy atom. The maximum Gasteiger partial charge on any atom is 0.310 e. The lowest BCUT2D eigenvalue weighted by Gasteiger charge is -2.33. The standard InChI is InChI=1S/C14H19NO6S/c1-9-7-10(3-4-13(9)21-2)22(19,20)15-6-5-12(16)11(8-15)14(17)18/h3-4,7,11-12,16H,5-6,8H2,1-2H3,(H,17,18)/t11-,12+/m0/s1. The largest absolute Gasteiger partial charge is 0.496 e. The van der Waals surface area contributed by atoms with Gasteiger partial charge in [-0.2, -0.15) is 4.31 Å². The maximum atomic E-state index is 12.6. The van der Waals surface area contributed by atoms with E-state index in [0.717, 1.165) is 4.31 Å². The first-order valence-electron chi connectivity index (χ1n) is 6.83. The Balaban J connectivity index is 2.30. The topological polar surface area (TPSA) is 104 Å². The zero-order chi connectivity index (χ0) is 16.5. The SMILES string of the molecule is COc1ccc(S(=O)(=O)N2CC[C@@H](O)[C@@H](C(=O)O)C2)cc1C. The van der Waals surface area contributed by atoms with Crippen LogP contribution in [-0.4, -0.2) is 55.2 Å². The minimum atomic E-state index is -3.80. The van der Waals surface area contributed by atoms with Crippen LogP contribution in [0.4, 0.5) is 0 Å². The molecule has 1 heterocycles. The molecule has 2 atom stereocenters. The third-order valence-corrected chi connectivity index (χ3v) is 5.72. The van der Waals surface area contributed by atoms with Gasteiger partial charge in [-0.3, -0.25) is 4.79 Å². The van der Waals surface area contributed by atoms with Crippen LogP contribution in [0.15, 0.2) is 23.1 Å². The average Bonchev–Trinajstić information content (AvgIpc) is 2.47. The fourth-order valence-electron chi connectivity index (χ4n) is 2.53. The van der Waals surface area contributed by atoms with Gasteiger partial charge in [0.2, 0.25) is 10.0 Å². The maximum absolute atomic E-state index is 12.6. The number of sulfonamides is 1. The smallest absolute Gasteiger partial charge is 0.310 e. The van der Waals surface area contributed by atoms with Crippen LogP contribution in [0, 0.1) is 12.8 Å². The van der Waals surface area contributed by atoms with Crippen molar-refractivity contribution >= 4 is 16.0 Å². The molecule has 0 aromatic heterocycles. The second-order valence-corrected chi connectivity index (χ2v) is 7.23. The Morgan fingerprint density at radius 3 is 2.64 bits per heavy atom. The fraction of sp³-hybridized carbons (Fsp3) is 0.500. The van der Waals surface area contributed by atoms with Gasteiger partial charge in [-0.15, -0.1) is 0 Å². The molecule has 0 saturated carbocycles. The van der Waals surface area contributed by atoms with Crippen molar-refractivity contribution < 1.29 is 28.2 Å². The number of aliphatic hydroxyl groups is 1. The number of ether oxygens (including phenoxy) is 1. The van der Waals surface area contributed by atoms with Gasteiger partial charge >= 0.3 is 5.97 Å². The lowest BCUT2D eigenvalue weighted by molar-refractivity contribution is -0.147. The van der Waals surface area contributed by atoms with Crippen LogP contribution in [0.5, 0.6) is 5.75 Å². The van der Waals surface area contributed by atoms with E-state index >= 15 is 0 Å². The summed E-state index contributed by atoms with van der Waals surface area (Å²) in [5, 5.41) is 18.8. The zero-order valence-electron chi connectivity index (χ0n) is 12.4. The summed E-state index contributed by atoms with van der Waals surface area (Å²) in [7, 11) is -2.30. The summed E-state index contributed by atoms with van der Waals surface area (Å²) >= 11 is 0. The highest BCUT2D eigenvalue weighted by molar-refractivity contribution is 7.89. The highest BCUT2D eigenvalue weighted by Crippen LogP contribution is 2.27. The summed E-state index contributed by atoms with van der Waals surface area (Å²) in [6.45, 7) is 1.60. The van der Waals surface area contributed by atoms with Crippen LogP contribution >= 0.6 is 0 Å². The molecule has 0 aliphatic carbocycles. The van der Waals surface area contributed by atoms with Crippen LogP contribution in [0.2, 0.25) is 0 Å². The molecule has 8 heteroatoms. The summed E-state index contributed by atoms with van der Waals surface area (Å²) in [6.07, 6.45) is -0.924. The molecule has 1 fully saturated rings. The molecule has 7 nitrogen and oxygen atoms in total. The van der Waals surface area contributed by atoms with Gasteiger partial charge in [0.15, 0.2) is 0 Å². The molecule has 22 heavy (non-hydrogen) atoms. The number of methoxy groups -OCH3 is 1. The first kappa shape index (κ1) is 16.7. The first-order valence-corrected chi connectivity index (χ1v) is 8.27. The monoisotopic (exact) mass is 329 g/mol. The molecule has 0 spiro atoms. The second-order valence-electron chi connectivity index (χ2n) is 5.30. The highest BCUT2D eigenvalue weighted by Gasteiger charge is 2.38. The highest BCUT2D eigenvalue weighted by atomic mass is 32.2. The van der Waals surface area contributed by atoms with Gasteiger partial charge < -0.3 is 14.9 Å². The number of rotatable bonds is 4. The molecular formula is C14H19NO6S. The van der Waals surface area contributed by atoms with E-state index in [-0.39, 0.29) is 24.4 Å². The van der Waals surface area contributed by atoms with Crippen molar-refractivity contribution in [1.29, 1.82) is 0 Å². The Hall–Kier alpha value is -1.64. The number of carboxylic acids is 1. The Morgan fingerprint density at radius 2 is 2.09 bits per heavy atom. The molecular weight excluding hydrogens is 310 g/mol. The van der Waals surface area contributed by atoms with E-state index in [9.17, 15) is 18.3 Å². The van der Waals surface area contributed by atoms with Crippen molar-refractivity contribution in [3.05, 3.63) is 23.8 Å². The third-order valence-electron chi connectivity index (χ3n) is 3.86. The van der Waals surface area contributed by atoms with E-state index in [1.807, 2.05) is 0 Å². The summed E-state index contributed by atoms with van der Waals surface area (Å²) in [5.41, 5.74) is 0.676. The molecule has 0 amide bonds. The van der Waals surface area contributed by atoms with Gasteiger partial charge in [0.1, 0.15) is 5.75 Å². The van der Waals surface area contributed by atoms with Crippen LogP contribution in [0.3, 0.4) is 0 Å². The van der Waals surface area contributed by atoms with E-state index in [1.165, 1.54) is 19.2 Å². The second kappa shape index (κ2) is 6.23. The summed E-state index contributed by atoms with van der Waals surface area (Å²) in [6, 6.07) is 4.49. The number of hydrogen-bond acceptors (Lipinski definition) is 5. The number of aryl methyl sites for hydroxylation is 1. The lowest BCUT2D eigenvalue weighted by atomic mass is 9.96. The molecule has 1 aromatic carbocycles. The summed E-state index contributed by atoms with van der Waals surface area (Å²) in [4.78, 5) is 11.2. The van der Waals surface area contributed by atoms with Gasteiger partial charge in [0.25, 0.3) is 0 Å². The molecule has 1 saturated heterocycles. The van der Waals surface area contributed by atoms with E-state index in [2.05, 4.69) is 0 Å². The minimum absolute atomic E-state index is 0.0892. The quantitative estimate of drug-likeness (QED) is 0.831. The molecule has 1 aliphatic rings. The first-order chi connectivity index (χ1) is 10.3. The van der Waals surface area contributed by atoms with Crippen molar-refractivity contribution in [3.63, 3.8) is 0 Å². The van der Waals surface area contributed by atoms with Gasteiger partial charge in [-0.25, -0.2) is 8.42 Å². The molecule has 0 radical (unpaired) electrons. The van der Waals surface area contributed by atoms with E-state index < -0.39 is 28.0 Å². The normalized spacial score (nSPS) is 23.2. The fourth-order valence-corrected chi connectivity index (χ4v) is 4.10. The van der Waals surface area contributed by atoms with Crippen LogP contribution < -0.4 is 4.74 Å². The molecule has 2 rings (SSSR count). The number of benzene rings is 1. The number of nitrogens with zero attached hydrogens (tertiary/aromatic N) is 1. The minimum Gasteiger partial charge on any atom is -0.496 e. The Labute approximate surface area is 129 Å². The van der Waals surface area contributed by atoms with Gasteiger partial charge in [0, 0.05) is 13.1 Å². The average molecular weight is 329 g/mol. The molecule has 122 valence electrons. The van der Waals surface area contributed by atoms with Crippen LogP contribution in [-0.2, 0) is 14.8 Å². The van der Waals surface area contributed by atoms with E-state index in [0.29, 0.717) is 11.3 Å². The predicted octanol–water partition coefficient (Wildman–Crippen LogP) is 0.460. The summed E-state index contributed by atoms with van der Waals surface area (Å²) < 4.78 is 31.5. The number of carboxylic acid groups (broad SMARTS) is 1. The van der Waals surface area contributed by atoms with Gasteiger partial charge in [-0.1, -0.05) is 0 Å². The molecule has 0 unspecified atom stereocenters. The predicted molar refractivity (Wildman–Crippen MR) is 78.2 cm³/mol. The molecule has 1 aromatic rings. The number of piperidine rings is 1. The number of hydrogen-bond donors (Lipinski definition) is 2. The van der Waals surface area contributed by atoms with Gasteiger partial charge in [0.05, 0.1) is 24.0 Å². The Bertz CT molecular complexity index is 672. The molecule has 0 bridgehead atoms. The van der Waals surface area contributed by atoms with E-state index in [4.69, 9.17) is 9.84 Å². The number of carbonyl (C=O) groups is 1. The van der Waals surface area contributed by atoms with Crippen LogP contribution in [0.1, 0.15) is 12.0 Å². The number of aliphatic hydroxyl groups excluding tert-OH is 1. The zero-order valence-corrected chi connectivity index (χ0v) is 13.2. The van der Waals surface area contributed by atoms with Crippen LogP contribution in [0.25, 0.3) is 0 Å². The van der Waals surface area contributed by atoms with Crippen molar-refractivity contribution in [2.45, 2.75) is 24.3 Å². The van der Waals surface area contributed by atoms with E-state index in [1.54, 1.807) is 13.0 Å². The molecule has 2 N–H and O–H groups in total.